The molecule has 1 amide bonds. The number of aliphatic hydroxyl groups is 1. The Morgan fingerprint density at radius 3 is 2.22 bits per heavy atom. The Balaban J connectivity index is 1.59. The molecule has 1 saturated heterocycles. The van der Waals surface area contributed by atoms with Crippen molar-refractivity contribution in [1.82, 2.24) is 4.90 Å². The van der Waals surface area contributed by atoms with Gasteiger partial charge in [0.2, 0.25) is 0 Å². The van der Waals surface area contributed by atoms with Gasteiger partial charge in [-0.1, -0.05) is 29.8 Å². The number of Topliss-reactive ketones (excluding diaryl/α,β-unsaturated/α-hetero) is 1. The van der Waals surface area contributed by atoms with E-state index >= 15 is 0 Å². The highest BCUT2D eigenvalue weighted by Gasteiger charge is 2.42. The summed E-state index contributed by atoms with van der Waals surface area (Å²) in [5.41, 5.74) is 0.759. The summed E-state index contributed by atoms with van der Waals surface area (Å²) in [5, 5.41) is 10.4. The highest BCUT2D eigenvalue weighted by atomic mass is 16.3. The lowest BCUT2D eigenvalue weighted by Gasteiger charge is -2.35. The van der Waals surface area contributed by atoms with Crippen molar-refractivity contribution < 1.29 is 14.7 Å². The second-order valence-electron chi connectivity index (χ2n) is 7.04. The second-order valence-corrected chi connectivity index (χ2v) is 7.04. The van der Waals surface area contributed by atoms with Crippen molar-refractivity contribution in [3.05, 3.63) is 35.4 Å². The van der Waals surface area contributed by atoms with Crippen LogP contribution in [0.4, 0.5) is 0 Å². The topological polar surface area (TPSA) is 57.6 Å². The van der Waals surface area contributed by atoms with Gasteiger partial charge in [-0.25, -0.2) is 0 Å². The Morgan fingerprint density at radius 1 is 1.09 bits per heavy atom. The molecule has 3 rings (SSSR count). The van der Waals surface area contributed by atoms with Crippen molar-refractivity contribution >= 4 is 11.7 Å². The van der Waals surface area contributed by atoms with Gasteiger partial charge in [-0.2, -0.15) is 0 Å². The molecule has 4 nitrogen and oxygen atoms in total. The molecule has 4 heteroatoms. The molecule has 0 unspecified atom stereocenters. The summed E-state index contributed by atoms with van der Waals surface area (Å²) >= 11 is 0. The minimum Gasteiger partial charge on any atom is -0.380 e. The van der Waals surface area contributed by atoms with E-state index in [-0.39, 0.29) is 17.6 Å². The van der Waals surface area contributed by atoms with E-state index in [4.69, 9.17) is 0 Å². The van der Waals surface area contributed by atoms with Crippen LogP contribution in [0.2, 0.25) is 0 Å². The van der Waals surface area contributed by atoms with Crippen LogP contribution < -0.4 is 0 Å². The number of nitrogens with zero attached hydrogens (tertiary/aromatic N) is 1. The number of likely N-dealkylation sites (tertiary alicyclic amines) is 1. The van der Waals surface area contributed by atoms with Gasteiger partial charge in [0.15, 0.2) is 5.78 Å². The molecule has 1 heterocycles. The van der Waals surface area contributed by atoms with E-state index in [0.29, 0.717) is 38.8 Å². The summed E-state index contributed by atoms with van der Waals surface area (Å²) in [5.74, 6) is 0.0351. The van der Waals surface area contributed by atoms with E-state index in [0.717, 1.165) is 24.0 Å². The quantitative estimate of drug-likeness (QED) is 0.873. The first kappa shape index (κ1) is 16.2. The predicted octanol–water partition coefficient (Wildman–Crippen LogP) is 2.72. The second kappa shape index (κ2) is 6.44. The molecule has 1 aromatic carbocycles. The Hall–Kier alpha value is -1.68. The van der Waals surface area contributed by atoms with Gasteiger partial charge in [-0.15, -0.1) is 0 Å². The molecule has 0 atom stereocenters. The smallest absolute Gasteiger partial charge is 0.254 e. The molecule has 1 aromatic rings. The van der Waals surface area contributed by atoms with Crippen LogP contribution >= 0.6 is 0 Å². The predicted molar refractivity (Wildman–Crippen MR) is 88.2 cm³/mol. The number of ketones is 1. The third-order valence-corrected chi connectivity index (χ3v) is 5.32. The number of rotatable bonds is 3. The highest BCUT2D eigenvalue weighted by molar-refractivity contribution is 5.98. The summed E-state index contributed by atoms with van der Waals surface area (Å²) in [4.78, 5) is 26.8. The minimum absolute atomic E-state index is 0.0139. The molecule has 0 bridgehead atoms. The minimum atomic E-state index is -1.15. The molecule has 1 aliphatic carbocycles. The maximum absolute atomic E-state index is 12.6. The van der Waals surface area contributed by atoms with Gasteiger partial charge in [0, 0.05) is 24.6 Å². The van der Waals surface area contributed by atoms with Crippen molar-refractivity contribution in [3.8, 4) is 0 Å². The molecule has 23 heavy (non-hydrogen) atoms. The fourth-order valence-corrected chi connectivity index (χ4v) is 3.77. The van der Waals surface area contributed by atoms with E-state index < -0.39 is 5.60 Å². The summed E-state index contributed by atoms with van der Waals surface area (Å²) in [6.45, 7) is 3.15. The van der Waals surface area contributed by atoms with Gasteiger partial charge in [-0.3, -0.25) is 9.59 Å². The molecule has 0 aromatic heterocycles. The van der Waals surface area contributed by atoms with Crippen LogP contribution in [0.25, 0.3) is 0 Å². The average molecular weight is 315 g/mol. The molecule has 2 fully saturated rings. The molecule has 1 N–H and O–H groups in total. The summed E-state index contributed by atoms with van der Waals surface area (Å²) < 4.78 is 0. The third kappa shape index (κ3) is 3.32. The maximum atomic E-state index is 12.6. The number of carbonyl (C=O) groups excluding carboxylic acids is 2. The van der Waals surface area contributed by atoms with Crippen molar-refractivity contribution in [2.75, 3.05) is 13.1 Å². The van der Waals surface area contributed by atoms with Crippen molar-refractivity contribution in [2.45, 2.75) is 51.0 Å². The lowest BCUT2D eigenvalue weighted by Crippen LogP contribution is -2.50. The van der Waals surface area contributed by atoms with Crippen LogP contribution in [0.1, 0.15) is 54.4 Å². The van der Waals surface area contributed by atoms with E-state index in [1.165, 1.54) is 0 Å². The summed E-state index contributed by atoms with van der Waals surface area (Å²) in [6, 6.07) is 7.69. The van der Waals surface area contributed by atoms with Crippen LogP contribution in [0.15, 0.2) is 24.3 Å². The third-order valence-electron chi connectivity index (χ3n) is 5.32. The number of aryl methyl sites for hydroxylation is 1. The molecule has 1 saturated carbocycles. The molecule has 0 spiro atoms. The summed E-state index contributed by atoms with van der Waals surface area (Å²) in [6.07, 6.45) is 4.38. The van der Waals surface area contributed by atoms with Crippen molar-refractivity contribution in [2.24, 2.45) is 5.92 Å². The lowest BCUT2D eigenvalue weighted by atomic mass is 9.87. The van der Waals surface area contributed by atoms with Gasteiger partial charge in [0.25, 0.3) is 5.91 Å². The monoisotopic (exact) mass is 315 g/mol. The Kier molecular flexibility index (Phi) is 4.53. The van der Waals surface area contributed by atoms with Crippen LogP contribution in [0.5, 0.6) is 0 Å². The molecule has 2 aliphatic rings. The first-order valence-electron chi connectivity index (χ1n) is 8.62. The number of carbonyl (C=O) groups is 2. The molecular weight excluding hydrogens is 290 g/mol. The van der Waals surface area contributed by atoms with Crippen LogP contribution in [-0.4, -0.2) is 40.4 Å². The van der Waals surface area contributed by atoms with Crippen LogP contribution in [0.3, 0.4) is 0 Å². The van der Waals surface area contributed by atoms with Gasteiger partial charge >= 0.3 is 0 Å². The lowest BCUT2D eigenvalue weighted by molar-refractivity contribution is -0.152. The molecule has 1 aliphatic heterocycles. The van der Waals surface area contributed by atoms with Gasteiger partial charge < -0.3 is 10.0 Å². The number of piperidine rings is 1. The average Bonchev–Trinajstić information content (AvgIpc) is 3.02. The fraction of sp³-hybridized carbons (Fsp3) is 0.579. The zero-order chi connectivity index (χ0) is 16.4. The SMILES string of the molecule is Cc1ccc(C(=O)C2CCN(C(=O)C3(O)CCCC3)CC2)cc1. The maximum Gasteiger partial charge on any atom is 0.254 e. The Morgan fingerprint density at radius 2 is 1.65 bits per heavy atom. The number of benzene rings is 1. The Labute approximate surface area is 137 Å². The highest BCUT2D eigenvalue weighted by Crippen LogP contribution is 2.33. The van der Waals surface area contributed by atoms with E-state index in [2.05, 4.69) is 0 Å². The molecule has 124 valence electrons. The molecular formula is C19H25NO3. The van der Waals surface area contributed by atoms with Gasteiger partial charge in [0.05, 0.1) is 0 Å². The first-order chi connectivity index (χ1) is 11.0. The normalized spacial score (nSPS) is 21.4. The Bertz CT molecular complexity index is 579. The van der Waals surface area contributed by atoms with Gasteiger partial charge in [0.1, 0.15) is 5.60 Å². The van der Waals surface area contributed by atoms with Crippen LogP contribution in [0, 0.1) is 12.8 Å². The molecule has 0 radical (unpaired) electrons. The zero-order valence-corrected chi connectivity index (χ0v) is 13.8. The van der Waals surface area contributed by atoms with Crippen molar-refractivity contribution in [1.29, 1.82) is 0 Å². The fourth-order valence-electron chi connectivity index (χ4n) is 3.77. The first-order valence-corrected chi connectivity index (χ1v) is 8.62. The van der Waals surface area contributed by atoms with Crippen LogP contribution in [-0.2, 0) is 4.79 Å². The van der Waals surface area contributed by atoms with E-state index in [9.17, 15) is 14.7 Å². The van der Waals surface area contributed by atoms with E-state index in [1.54, 1.807) is 4.90 Å². The largest absolute Gasteiger partial charge is 0.380 e. The van der Waals surface area contributed by atoms with Gasteiger partial charge in [-0.05, 0) is 45.4 Å². The number of hydrogen-bond acceptors (Lipinski definition) is 3. The number of hydrogen-bond donors (Lipinski definition) is 1. The zero-order valence-electron chi connectivity index (χ0n) is 13.8. The number of amides is 1. The van der Waals surface area contributed by atoms with Crippen molar-refractivity contribution in [3.63, 3.8) is 0 Å². The summed E-state index contributed by atoms with van der Waals surface area (Å²) in [7, 11) is 0. The van der Waals surface area contributed by atoms with E-state index in [1.807, 2.05) is 31.2 Å². The standard InChI is InChI=1S/C19H25NO3/c1-14-4-6-15(7-5-14)17(21)16-8-12-20(13-9-16)18(22)19(23)10-2-3-11-19/h4-7,16,23H,2-3,8-13H2,1H3.